The van der Waals surface area contributed by atoms with Crippen molar-refractivity contribution in [1.82, 2.24) is 9.80 Å². The normalized spacial score (nSPS) is 20.2. The van der Waals surface area contributed by atoms with E-state index in [9.17, 15) is 18.0 Å². The van der Waals surface area contributed by atoms with Gasteiger partial charge in [0.2, 0.25) is 0 Å². The molecule has 1 N–H and O–H groups in total. The van der Waals surface area contributed by atoms with E-state index in [2.05, 4.69) is 0 Å². The lowest BCUT2D eigenvalue weighted by molar-refractivity contribution is -0.138. The van der Waals surface area contributed by atoms with Crippen molar-refractivity contribution in [2.24, 2.45) is 0 Å². The molecule has 1 fully saturated rings. The molecule has 0 aromatic rings. The molecule has 0 saturated carbocycles. The zero-order valence-electron chi connectivity index (χ0n) is 12.3. The van der Waals surface area contributed by atoms with Crippen LogP contribution in [-0.4, -0.2) is 86.7 Å². The van der Waals surface area contributed by atoms with Crippen LogP contribution in [0.4, 0.5) is 4.79 Å². The van der Waals surface area contributed by atoms with Crippen molar-refractivity contribution in [2.45, 2.75) is 18.9 Å². The standard InChI is InChI=1S/C12H22N2O6S/c1-13(5-3-6-20-2)12(17)14(8-11(15)16)10-4-7-21(18,19)9-10/h10H,3-9H2,1-2H3,(H,15,16). The number of ether oxygens (including phenoxy) is 1. The number of rotatable bonds is 7. The first-order valence-corrected chi connectivity index (χ1v) is 8.52. The molecule has 1 heterocycles. The first-order valence-electron chi connectivity index (χ1n) is 6.69. The molecule has 1 aliphatic heterocycles. The largest absolute Gasteiger partial charge is 0.480 e. The Morgan fingerprint density at radius 3 is 2.52 bits per heavy atom. The molecule has 1 unspecified atom stereocenters. The first kappa shape index (κ1) is 17.7. The Labute approximate surface area is 124 Å². The second-order valence-electron chi connectivity index (χ2n) is 5.13. The highest BCUT2D eigenvalue weighted by atomic mass is 32.2. The summed E-state index contributed by atoms with van der Waals surface area (Å²) in [5.74, 6) is -1.33. The van der Waals surface area contributed by atoms with Crippen LogP contribution in [-0.2, 0) is 19.4 Å². The van der Waals surface area contributed by atoms with Gasteiger partial charge in [0.25, 0.3) is 0 Å². The number of aliphatic carboxylic acids is 1. The third kappa shape index (κ3) is 5.50. The monoisotopic (exact) mass is 322 g/mol. The van der Waals surface area contributed by atoms with Crippen LogP contribution in [0.15, 0.2) is 0 Å². The van der Waals surface area contributed by atoms with E-state index in [1.54, 1.807) is 14.2 Å². The van der Waals surface area contributed by atoms with Gasteiger partial charge in [-0.1, -0.05) is 0 Å². The van der Waals surface area contributed by atoms with E-state index in [0.29, 0.717) is 19.6 Å². The smallest absolute Gasteiger partial charge is 0.323 e. The maximum atomic E-state index is 12.3. The van der Waals surface area contributed by atoms with Crippen LogP contribution in [0.3, 0.4) is 0 Å². The average molecular weight is 322 g/mol. The van der Waals surface area contributed by atoms with Crippen molar-refractivity contribution in [3.8, 4) is 0 Å². The predicted octanol–water partition coefficient (Wildman–Crippen LogP) is -0.352. The van der Waals surface area contributed by atoms with Crippen molar-refractivity contribution in [3.63, 3.8) is 0 Å². The summed E-state index contributed by atoms with van der Waals surface area (Å²) in [6.45, 7) is 0.421. The van der Waals surface area contributed by atoms with E-state index in [0.717, 1.165) is 4.90 Å². The Morgan fingerprint density at radius 2 is 2.05 bits per heavy atom. The van der Waals surface area contributed by atoms with Gasteiger partial charge in [0.15, 0.2) is 9.84 Å². The van der Waals surface area contributed by atoms with Crippen LogP contribution in [0.5, 0.6) is 0 Å². The minimum Gasteiger partial charge on any atom is -0.480 e. The molecule has 1 aliphatic rings. The number of hydrogen-bond donors (Lipinski definition) is 1. The van der Waals surface area contributed by atoms with Crippen LogP contribution in [0, 0.1) is 0 Å². The quantitative estimate of drug-likeness (QED) is 0.642. The third-order valence-electron chi connectivity index (χ3n) is 3.37. The molecule has 0 bridgehead atoms. The molecular weight excluding hydrogens is 300 g/mol. The zero-order valence-corrected chi connectivity index (χ0v) is 13.1. The predicted molar refractivity (Wildman–Crippen MR) is 75.9 cm³/mol. The first-order chi connectivity index (χ1) is 9.76. The maximum absolute atomic E-state index is 12.3. The molecule has 9 heteroatoms. The molecule has 0 radical (unpaired) electrons. The Bertz CT molecular complexity index is 478. The maximum Gasteiger partial charge on any atom is 0.323 e. The molecule has 1 saturated heterocycles. The van der Waals surface area contributed by atoms with E-state index in [1.807, 2.05) is 0 Å². The lowest BCUT2D eigenvalue weighted by Crippen LogP contribution is -2.49. The number of carbonyl (C=O) groups is 2. The molecular formula is C12H22N2O6S. The number of methoxy groups -OCH3 is 1. The summed E-state index contributed by atoms with van der Waals surface area (Å²) in [5, 5.41) is 8.94. The molecule has 8 nitrogen and oxygen atoms in total. The van der Waals surface area contributed by atoms with Crippen LogP contribution >= 0.6 is 0 Å². The van der Waals surface area contributed by atoms with Gasteiger partial charge in [-0.3, -0.25) is 4.79 Å². The topological polar surface area (TPSA) is 104 Å². The highest BCUT2D eigenvalue weighted by Gasteiger charge is 2.36. The van der Waals surface area contributed by atoms with Crippen molar-refractivity contribution < 1.29 is 27.9 Å². The molecule has 122 valence electrons. The minimum atomic E-state index is -3.18. The second-order valence-corrected chi connectivity index (χ2v) is 7.36. The number of carboxylic acids is 1. The highest BCUT2D eigenvalue weighted by Crippen LogP contribution is 2.19. The van der Waals surface area contributed by atoms with Crippen LogP contribution in [0.1, 0.15) is 12.8 Å². The molecule has 2 amide bonds. The zero-order chi connectivity index (χ0) is 16.0. The van der Waals surface area contributed by atoms with Crippen molar-refractivity contribution in [3.05, 3.63) is 0 Å². The Kier molecular flexibility index (Phi) is 6.41. The van der Waals surface area contributed by atoms with Gasteiger partial charge in [-0.05, 0) is 12.8 Å². The molecule has 0 aromatic carbocycles. The third-order valence-corrected chi connectivity index (χ3v) is 5.12. The summed E-state index contributed by atoms with van der Waals surface area (Å²) in [6.07, 6.45) is 0.913. The fraction of sp³-hybridized carbons (Fsp3) is 0.833. The van der Waals surface area contributed by atoms with Gasteiger partial charge in [-0.25, -0.2) is 13.2 Å². The molecule has 0 aliphatic carbocycles. The lowest BCUT2D eigenvalue weighted by atomic mass is 10.2. The SMILES string of the molecule is COCCCN(C)C(=O)N(CC(=O)O)C1CCS(=O)(=O)C1. The molecule has 0 aromatic heterocycles. The summed E-state index contributed by atoms with van der Waals surface area (Å²) in [7, 11) is -0.0585. The van der Waals surface area contributed by atoms with Gasteiger partial charge >= 0.3 is 12.0 Å². The summed E-state index contributed by atoms with van der Waals surface area (Å²) >= 11 is 0. The summed E-state index contributed by atoms with van der Waals surface area (Å²) in [4.78, 5) is 25.8. The highest BCUT2D eigenvalue weighted by molar-refractivity contribution is 7.91. The van der Waals surface area contributed by atoms with Crippen molar-refractivity contribution >= 4 is 21.8 Å². The van der Waals surface area contributed by atoms with Crippen LogP contribution in [0.2, 0.25) is 0 Å². The van der Waals surface area contributed by atoms with Gasteiger partial charge in [0.05, 0.1) is 11.5 Å². The summed E-state index contributed by atoms with van der Waals surface area (Å²) < 4.78 is 27.9. The Balaban J connectivity index is 2.72. The number of carboxylic acid groups (broad SMARTS) is 1. The minimum absolute atomic E-state index is 0.00550. The Hall–Kier alpha value is -1.35. The van der Waals surface area contributed by atoms with E-state index in [-0.39, 0.29) is 17.9 Å². The number of amides is 2. The van der Waals surface area contributed by atoms with E-state index in [1.165, 1.54) is 4.90 Å². The fourth-order valence-corrected chi connectivity index (χ4v) is 4.01. The number of nitrogens with zero attached hydrogens (tertiary/aromatic N) is 2. The number of carbonyl (C=O) groups excluding carboxylic acids is 1. The number of sulfone groups is 1. The van der Waals surface area contributed by atoms with Gasteiger partial charge in [-0.2, -0.15) is 0 Å². The van der Waals surface area contributed by atoms with E-state index in [4.69, 9.17) is 9.84 Å². The van der Waals surface area contributed by atoms with Crippen LogP contribution in [0.25, 0.3) is 0 Å². The molecule has 1 rings (SSSR count). The van der Waals surface area contributed by atoms with E-state index < -0.39 is 34.4 Å². The van der Waals surface area contributed by atoms with E-state index >= 15 is 0 Å². The van der Waals surface area contributed by atoms with Gasteiger partial charge < -0.3 is 19.6 Å². The lowest BCUT2D eigenvalue weighted by Gasteiger charge is -2.31. The molecule has 0 spiro atoms. The summed E-state index contributed by atoms with van der Waals surface area (Å²) in [6, 6.07) is -1.03. The number of urea groups is 1. The number of hydrogen-bond acceptors (Lipinski definition) is 5. The molecule has 1 atom stereocenters. The molecule has 21 heavy (non-hydrogen) atoms. The second kappa shape index (κ2) is 7.60. The Morgan fingerprint density at radius 1 is 1.38 bits per heavy atom. The van der Waals surface area contributed by atoms with Crippen molar-refractivity contribution in [2.75, 3.05) is 45.4 Å². The van der Waals surface area contributed by atoms with Gasteiger partial charge in [0, 0.05) is 33.4 Å². The average Bonchev–Trinajstić information content (AvgIpc) is 2.75. The van der Waals surface area contributed by atoms with Gasteiger partial charge in [0.1, 0.15) is 6.54 Å². The van der Waals surface area contributed by atoms with Crippen molar-refractivity contribution in [1.29, 1.82) is 0 Å². The summed E-state index contributed by atoms with van der Waals surface area (Å²) in [5.41, 5.74) is 0. The fourth-order valence-electron chi connectivity index (χ4n) is 2.28. The van der Waals surface area contributed by atoms with Gasteiger partial charge in [-0.15, -0.1) is 0 Å². The van der Waals surface area contributed by atoms with Crippen LogP contribution < -0.4 is 0 Å².